The van der Waals surface area contributed by atoms with Gasteiger partial charge in [-0.15, -0.1) is 11.6 Å². The van der Waals surface area contributed by atoms with E-state index in [1.165, 1.54) is 0 Å². The molecule has 0 heterocycles. The molecule has 0 amide bonds. The lowest BCUT2D eigenvalue weighted by Gasteiger charge is -2.21. The topological polar surface area (TPSA) is 37.3 Å². The van der Waals surface area contributed by atoms with Crippen molar-refractivity contribution in [3.05, 3.63) is 71.8 Å². The van der Waals surface area contributed by atoms with Gasteiger partial charge >= 0.3 is 0 Å². The Morgan fingerprint density at radius 1 is 1.00 bits per heavy atom. The van der Waals surface area contributed by atoms with Crippen molar-refractivity contribution in [2.75, 3.05) is 5.88 Å². The van der Waals surface area contributed by atoms with Crippen molar-refractivity contribution in [3.63, 3.8) is 0 Å². The molecule has 3 heteroatoms. The van der Waals surface area contributed by atoms with Gasteiger partial charge in [0.15, 0.2) is 5.78 Å². The largest absolute Gasteiger partial charge is 0.388 e. The van der Waals surface area contributed by atoms with E-state index in [4.69, 9.17) is 11.6 Å². The summed E-state index contributed by atoms with van der Waals surface area (Å²) in [5.41, 5.74) is 1.35. The maximum Gasteiger partial charge on any atom is 0.168 e. The molecule has 1 N–H and O–H groups in total. The fraction of sp³-hybridized carbons (Fsp3) is 0.235. The van der Waals surface area contributed by atoms with Gasteiger partial charge in [-0.2, -0.15) is 0 Å². The van der Waals surface area contributed by atoms with Crippen LogP contribution in [0.15, 0.2) is 60.7 Å². The van der Waals surface area contributed by atoms with Crippen molar-refractivity contribution in [1.29, 1.82) is 0 Å². The normalized spacial score (nSPS) is 13.7. The number of hydrogen-bond acceptors (Lipinski definition) is 2. The molecular formula is C17H17ClO2. The van der Waals surface area contributed by atoms with Gasteiger partial charge in [-0.3, -0.25) is 4.79 Å². The summed E-state index contributed by atoms with van der Waals surface area (Å²) in [5, 5.41) is 10.5. The van der Waals surface area contributed by atoms with E-state index in [-0.39, 0.29) is 5.78 Å². The lowest BCUT2D eigenvalue weighted by atomic mass is 9.87. The molecule has 0 saturated carbocycles. The van der Waals surface area contributed by atoms with Gasteiger partial charge in [0, 0.05) is 11.4 Å². The van der Waals surface area contributed by atoms with E-state index in [9.17, 15) is 9.90 Å². The molecule has 0 aliphatic rings. The molecule has 2 aromatic carbocycles. The Bertz CT molecular complexity index is 539. The summed E-state index contributed by atoms with van der Waals surface area (Å²) in [4.78, 5) is 12.5. The van der Waals surface area contributed by atoms with E-state index in [1.54, 1.807) is 12.1 Å². The van der Waals surface area contributed by atoms with Crippen LogP contribution in [-0.4, -0.2) is 16.8 Å². The monoisotopic (exact) mass is 288 g/mol. The van der Waals surface area contributed by atoms with Crippen LogP contribution in [0.1, 0.15) is 28.4 Å². The average molecular weight is 289 g/mol. The summed E-state index contributed by atoms with van der Waals surface area (Å²) in [6, 6.07) is 18.3. The number of aliphatic hydroxyl groups is 1. The summed E-state index contributed by atoms with van der Waals surface area (Å²) >= 11 is 5.80. The van der Waals surface area contributed by atoms with Gasteiger partial charge in [-0.1, -0.05) is 60.7 Å². The van der Waals surface area contributed by atoms with Gasteiger partial charge in [0.25, 0.3) is 0 Å². The fourth-order valence-electron chi connectivity index (χ4n) is 2.25. The highest BCUT2D eigenvalue weighted by Crippen LogP contribution is 2.28. The SMILES string of the molecule is O=C(c1ccccc1)C(CCCl)C(O)c1ccccc1. The van der Waals surface area contributed by atoms with Crippen LogP contribution in [0.4, 0.5) is 0 Å². The van der Waals surface area contributed by atoms with Crippen molar-refractivity contribution in [1.82, 2.24) is 0 Å². The van der Waals surface area contributed by atoms with E-state index < -0.39 is 12.0 Å². The van der Waals surface area contributed by atoms with Crippen LogP contribution in [-0.2, 0) is 0 Å². The van der Waals surface area contributed by atoms with Crippen LogP contribution in [0.2, 0.25) is 0 Å². The zero-order valence-electron chi connectivity index (χ0n) is 11.1. The highest BCUT2D eigenvalue weighted by atomic mass is 35.5. The molecule has 0 spiro atoms. The van der Waals surface area contributed by atoms with E-state index in [0.717, 1.165) is 5.56 Å². The molecule has 0 fully saturated rings. The van der Waals surface area contributed by atoms with Crippen molar-refractivity contribution < 1.29 is 9.90 Å². The van der Waals surface area contributed by atoms with Gasteiger partial charge in [0.1, 0.15) is 0 Å². The molecule has 20 heavy (non-hydrogen) atoms. The maximum absolute atomic E-state index is 12.5. The number of halogens is 1. The first-order chi connectivity index (χ1) is 9.74. The summed E-state index contributed by atoms with van der Waals surface area (Å²) in [6.45, 7) is 0. The van der Waals surface area contributed by atoms with Gasteiger partial charge < -0.3 is 5.11 Å². The Labute approximate surface area is 124 Å². The molecule has 0 bridgehead atoms. The van der Waals surface area contributed by atoms with Gasteiger partial charge in [0.2, 0.25) is 0 Å². The molecule has 0 aromatic heterocycles. The Kier molecular flexibility index (Phi) is 5.33. The number of hydrogen-bond donors (Lipinski definition) is 1. The predicted octanol–water partition coefficient (Wildman–Crippen LogP) is 3.85. The van der Waals surface area contributed by atoms with Crippen molar-refractivity contribution in [2.24, 2.45) is 5.92 Å². The third-order valence-electron chi connectivity index (χ3n) is 3.34. The lowest BCUT2D eigenvalue weighted by Crippen LogP contribution is -2.23. The fourth-order valence-corrected chi connectivity index (χ4v) is 2.48. The van der Waals surface area contributed by atoms with Crippen LogP contribution in [0.5, 0.6) is 0 Å². The second-order valence-electron chi connectivity index (χ2n) is 4.67. The number of carbonyl (C=O) groups is 1. The van der Waals surface area contributed by atoms with Gasteiger partial charge in [0.05, 0.1) is 12.0 Å². The summed E-state index contributed by atoms with van der Waals surface area (Å²) < 4.78 is 0. The first-order valence-corrected chi connectivity index (χ1v) is 7.15. The second kappa shape index (κ2) is 7.22. The first kappa shape index (κ1) is 14.8. The molecule has 2 nitrogen and oxygen atoms in total. The number of alkyl halides is 1. The van der Waals surface area contributed by atoms with Crippen LogP contribution < -0.4 is 0 Å². The van der Waals surface area contributed by atoms with E-state index in [2.05, 4.69) is 0 Å². The molecular weight excluding hydrogens is 272 g/mol. The Morgan fingerprint density at radius 2 is 1.55 bits per heavy atom. The third kappa shape index (κ3) is 3.47. The first-order valence-electron chi connectivity index (χ1n) is 6.62. The van der Waals surface area contributed by atoms with Crippen molar-refractivity contribution in [2.45, 2.75) is 12.5 Å². The molecule has 2 aromatic rings. The number of Topliss-reactive ketones (excluding diaryl/α,β-unsaturated/α-hetero) is 1. The Morgan fingerprint density at radius 3 is 2.10 bits per heavy atom. The summed E-state index contributed by atoms with van der Waals surface area (Å²) in [6.07, 6.45) is -0.381. The molecule has 0 aliphatic carbocycles. The molecule has 2 unspecified atom stereocenters. The smallest absolute Gasteiger partial charge is 0.168 e. The molecule has 0 radical (unpaired) electrons. The standard InChI is InChI=1S/C17H17ClO2/c18-12-11-15(16(19)13-7-3-1-4-8-13)17(20)14-9-5-2-6-10-14/h1-10,15-16,19H,11-12H2. The number of aliphatic hydroxyl groups excluding tert-OH is 1. The molecule has 2 atom stereocenters. The minimum absolute atomic E-state index is 0.0670. The quantitative estimate of drug-likeness (QED) is 0.647. The van der Waals surface area contributed by atoms with Crippen molar-refractivity contribution >= 4 is 17.4 Å². The van der Waals surface area contributed by atoms with Crippen LogP contribution in [0, 0.1) is 5.92 Å². The number of carbonyl (C=O) groups excluding carboxylic acids is 1. The van der Waals surface area contributed by atoms with Crippen LogP contribution in [0.25, 0.3) is 0 Å². The predicted molar refractivity (Wildman–Crippen MR) is 81.0 cm³/mol. The van der Waals surface area contributed by atoms with Crippen LogP contribution in [0.3, 0.4) is 0 Å². The maximum atomic E-state index is 12.5. The van der Waals surface area contributed by atoms with Crippen LogP contribution >= 0.6 is 11.6 Å². The van der Waals surface area contributed by atoms with Crippen molar-refractivity contribution in [3.8, 4) is 0 Å². The minimum atomic E-state index is -0.831. The van der Waals surface area contributed by atoms with E-state index in [1.807, 2.05) is 48.5 Å². The van der Waals surface area contributed by atoms with Gasteiger partial charge in [-0.25, -0.2) is 0 Å². The molecule has 104 valence electrons. The Balaban J connectivity index is 2.25. The van der Waals surface area contributed by atoms with E-state index in [0.29, 0.717) is 17.9 Å². The molecule has 0 aliphatic heterocycles. The van der Waals surface area contributed by atoms with E-state index >= 15 is 0 Å². The minimum Gasteiger partial charge on any atom is -0.388 e. The highest BCUT2D eigenvalue weighted by molar-refractivity contribution is 6.18. The lowest BCUT2D eigenvalue weighted by molar-refractivity contribution is 0.0669. The number of benzene rings is 2. The number of ketones is 1. The zero-order chi connectivity index (χ0) is 14.4. The molecule has 0 saturated heterocycles. The van der Waals surface area contributed by atoms with Gasteiger partial charge in [-0.05, 0) is 12.0 Å². The Hall–Kier alpha value is -1.64. The number of rotatable bonds is 6. The highest BCUT2D eigenvalue weighted by Gasteiger charge is 2.28. The third-order valence-corrected chi connectivity index (χ3v) is 3.56. The zero-order valence-corrected chi connectivity index (χ0v) is 11.8. The summed E-state index contributed by atoms with van der Waals surface area (Å²) in [5.74, 6) is -0.243. The second-order valence-corrected chi connectivity index (χ2v) is 5.05. The molecule has 2 rings (SSSR count). The average Bonchev–Trinajstić information content (AvgIpc) is 2.53. The summed E-state index contributed by atoms with van der Waals surface area (Å²) in [7, 11) is 0.